The lowest BCUT2D eigenvalue weighted by Gasteiger charge is -2.34. The maximum atomic E-state index is 12.3. The van der Waals surface area contributed by atoms with Gasteiger partial charge in [0, 0.05) is 43.9 Å². The summed E-state index contributed by atoms with van der Waals surface area (Å²) in [4.78, 5) is 25.6. The zero-order chi connectivity index (χ0) is 18.7. The van der Waals surface area contributed by atoms with Crippen molar-refractivity contribution in [3.05, 3.63) is 17.6 Å². The number of carbonyl (C=O) groups excluding carboxylic acids is 1. The number of morpholine rings is 1. The summed E-state index contributed by atoms with van der Waals surface area (Å²) in [5.74, 6) is 1.89. The second-order valence-electron chi connectivity index (χ2n) is 7.59. The minimum atomic E-state index is -0.902. The summed E-state index contributed by atoms with van der Waals surface area (Å²) < 4.78 is 5.43. The van der Waals surface area contributed by atoms with Crippen molar-refractivity contribution in [3.8, 4) is 0 Å². The van der Waals surface area contributed by atoms with Crippen molar-refractivity contribution >= 4 is 11.7 Å². The summed E-state index contributed by atoms with van der Waals surface area (Å²) in [5.41, 5.74) is 1.07. The van der Waals surface area contributed by atoms with E-state index in [0.29, 0.717) is 19.0 Å². The maximum absolute atomic E-state index is 12.3. The van der Waals surface area contributed by atoms with Crippen LogP contribution in [0, 0.1) is 12.8 Å². The summed E-state index contributed by atoms with van der Waals surface area (Å²) in [6.45, 7) is 10.2. The van der Waals surface area contributed by atoms with Gasteiger partial charge in [0.1, 0.15) is 17.7 Å². The van der Waals surface area contributed by atoms with E-state index in [1.807, 2.05) is 20.8 Å². The zero-order valence-corrected chi connectivity index (χ0v) is 16.0. The van der Waals surface area contributed by atoms with Crippen LogP contribution in [-0.4, -0.2) is 71.4 Å². The van der Waals surface area contributed by atoms with Crippen LogP contribution < -0.4 is 4.90 Å². The van der Waals surface area contributed by atoms with Gasteiger partial charge in [-0.2, -0.15) is 0 Å². The molecule has 3 rings (SSSR count). The Balaban J connectivity index is 1.65. The number of aromatic nitrogens is 2. The summed E-state index contributed by atoms with van der Waals surface area (Å²) in [6.07, 6.45) is 0.839. The first-order chi connectivity index (χ1) is 12.5. The van der Waals surface area contributed by atoms with E-state index < -0.39 is 6.10 Å². The van der Waals surface area contributed by atoms with Gasteiger partial charge in [-0.05, 0) is 25.7 Å². The highest BCUT2D eigenvalue weighted by Crippen LogP contribution is 2.29. The van der Waals surface area contributed by atoms with Gasteiger partial charge in [0.25, 0.3) is 5.91 Å². The molecule has 0 radical (unpaired) electrons. The van der Waals surface area contributed by atoms with Gasteiger partial charge in [-0.3, -0.25) is 4.79 Å². The number of likely N-dealkylation sites (tertiary alicyclic amines) is 1. The molecule has 2 fully saturated rings. The van der Waals surface area contributed by atoms with E-state index >= 15 is 0 Å². The minimum absolute atomic E-state index is 0.0548. The lowest BCUT2D eigenvalue weighted by molar-refractivity contribution is -0.143. The van der Waals surface area contributed by atoms with Crippen molar-refractivity contribution in [1.82, 2.24) is 14.9 Å². The number of amides is 1. The minimum Gasteiger partial charge on any atom is -0.383 e. The van der Waals surface area contributed by atoms with E-state index in [0.717, 1.165) is 56.5 Å². The van der Waals surface area contributed by atoms with Crippen molar-refractivity contribution in [2.75, 3.05) is 44.3 Å². The van der Waals surface area contributed by atoms with Crippen LogP contribution in [0.4, 0.5) is 5.82 Å². The molecule has 0 bridgehead atoms. The third-order valence-electron chi connectivity index (χ3n) is 5.29. The highest BCUT2D eigenvalue weighted by atomic mass is 16.5. The van der Waals surface area contributed by atoms with E-state index in [9.17, 15) is 9.90 Å². The number of hydrogen-bond acceptors (Lipinski definition) is 6. The highest BCUT2D eigenvalue weighted by molar-refractivity contribution is 5.81. The number of aliphatic hydroxyl groups excluding tert-OH is 1. The Labute approximate surface area is 155 Å². The van der Waals surface area contributed by atoms with Gasteiger partial charge < -0.3 is 19.6 Å². The van der Waals surface area contributed by atoms with E-state index in [1.165, 1.54) is 0 Å². The van der Waals surface area contributed by atoms with Gasteiger partial charge >= 0.3 is 0 Å². The predicted molar refractivity (Wildman–Crippen MR) is 99.2 cm³/mol. The lowest BCUT2D eigenvalue weighted by Crippen LogP contribution is -2.45. The molecule has 2 saturated heterocycles. The molecule has 1 atom stereocenters. The van der Waals surface area contributed by atoms with E-state index in [-0.39, 0.29) is 11.8 Å². The van der Waals surface area contributed by atoms with Crippen molar-refractivity contribution in [2.45, 2.75) is 45.6 Å². The number of rotatable bonds is 4. The normalized spacial score (nSPS) is 20.5. The molecule has 1 aromatic heterocycles. The summed E-state index contributed by atoms with van der Waals surface area (Å²) >= 11 is 0. The van der Waals surface area contributed by atoms with Crippen molar-refractivity contribution in [2.24, 2.45) is 5.92 Å². The summed E-state index contributed by atoms with van der Waals surface area (Å²) in [7, 11) is 0. The van der Waals surface area contributed by atoms with E-state index in [1.54, 1.807) is 4.90 Å². The SMILES string of the molecule is Cc1nc(C2CCN(C(=O)[C@H](O)C(C)C)CC2)cc(N2CCOCC2)n1. The number of nitrogens with zero attached hydrogens (tertiary/aromatic N) is 4. The van der Waals surface area contributed by atoms with Gasteiger partial charge in [0.15, 0.2) is 0 Å². The molecule has 1 aromatic rings. The van der Waals surface area contributed by atoms with E-state index in [4.69, 9.17) is 4.74 Å². The molecule has 3 heterocycles. The molecule has 0 saturated carbocycles. The number of ether oxygens (including phenoxy) is 1. The van der Waals surface area contributed by atoms with Crippen LogP contribution in [0.15, 0.2) is 6.07 Å². The molecule has 0 aromatic carbocycles. The average Bonchev–Trinajstić information content (AvgIpc) is 2.67. The smallest absolute Gasteiger partial charge is 0.251 e. The molecule has 0 unspecified atom stereocenters. The summed E-state index contributed by atoms with van der Waals surface area (Å²) in [6, 6.07) is 2.10. The first-order valence-electron chi connectivity index (χ1n) is 9.61. The molecule has 2 aliphatic rings. The standard InChI is InChI=1S/C19H30N4O3/c1-13(2)18(24)19(25)23-6-4-15(5-7-23)16-12-17(21-14(3)20-16)22-8-10-26-11-9-22/h12-13,15,18,24H,4-11H2,1-3H3/t18-/m1/s1. The van der Waals surface area contributed by atoms with Gasteiger partial charge in [-0.15, -0.1) is 0 Å². The topological polar surface area (TPSA) is 78.8 Å². The van der Waals surface area contributed by atoms with Gasteiger partial charge in [-0.25, -0.2) is 9.97 Å². The van der Waals surface area contributed by atoms with Crippen LogP contribution in [-0.2, 0) is 9.53 Å². The molecule has 144 valence electrons. The Bertz CT molecular complexity index is 623. The predicted octanol–water partition coefficient (Wildman–Crippen LogP) is 1.34. The quantitative estimate of drug-likeness (QED) is 0.871. The van der Waals surface area contributed by atoms with Crippen molar-refractivity contribution < 1.29 is 14.6 Å². The number of aliphatic hydroxyl groups is 1. The number of aryl methyl sites for hydroxylation is 1. The Morgan fingerprint density at radius 2 is 1.85 bits per heavy atom. The van der Waals surface area contributed by atoms with Gasteiger partial charge in [0.05, 0.1) is 13.2 Å². The number of piperidine rings is 1. The van der Waals surface area contributed by atoms with E-state index in [2.05, 4.69) is 20.9 Å². The molecule has 7 heteroatoms. The van der Waals surface area contributed by atoms with Gasteiger partial charge in [-0.1, -0.05) is 13.8 Å². The first-order valence-corrected chi connectivity index (χ1v) is 9.61. The molecule has 2 aliphatic heterocycles. The largest absolute Gasteiger partial charge is 0.383 e. The average molecular weight is 362 g/mol. The van der Waals surface area contributed by atoms with Crippen LogP contribution in [0.1, 0.15) is 44.1 Å². The third-order valence-corrected chi connectivity index (χ3v) is 5.29. The molecular weight excluding hydrogens is 332 g/mol. The van der Waals surface area contributed by atoms with Crippen LogP contribution in [0.5, 0.6) is 0 Å². The third kappa shape index (κ3) is 4.32. The molecule has 7 nitrogen and oxygen atoms in total. The second-order valence-corrected chi connectivity index (χ2v) is 7.59. The number of hydrogen-bond donors (Lipinski definition) is 1. The zero-order valence-electron chi connectivity index (χ0n) is 16.0. The fourth-order valence-corrected chi connectivity index (χ4v) is 3.61. The van der Waals surface area contributed by atoms with Crippen LogP contribution in [0.25, 0.3) is 0 Å². The number of anilines is 1. The van der Waals surface area contributed by atoms with Gasteiger partial charge in [0.2, 0.25) is 0 Å². The Kier molecular flexibility index (Phi) is 6.09. The monoisotopic (exact) mass is 362 g/mol. The maximum Gasteiger partial charge on any atom is 0.251 e. The fourth-order valence-electron chi connectivity index (χ4n) is 3.61. The second kappa shape index (κ2) is 8.31. The molecule has 1 amide bonds. The molecule has 0 spiro atoms. The van der Waals surface area contributed by atoms with Crippen molar-refractivity contribution in [1.29, 1.82) is 0 Å². The Morgan fingerprint density at radius 1 is 1.19 bits per heavy atom. The first kappa shape index (κ1) is 19.0. The summed E-state index contributed by atoms with van der Waals surface area (Å²) in [5, 5.41) is 10.0. The lowest BCUT2D eigenvalue weighted by atomic mass is 9.92. The Morgan fingerprint density at radius 3 is 2.46 bits per heavy atom. The highest BCUT2D eigenvalue weighted by Gasteiger charge is 2.30. The van der Waals surface area contributed by atoms with Crippen LogP contribution >= 0.6 is 0 Å². The van der Waals surface area contributed by atoms with Crippen molar-refractivity contribution in [3.63, 3.8) is 0 Å². The Hall–Kier alpha value is -1.73. The molecule has 26 heavy (non-hydrogen) atoms. The van der Waals surface area contributed by atoms with Crippen LogP contribution in [0.3, 0.4) is 0 Å². The molecular formula is C19H30N4O3. The fraction of sp³-hybridized carbons (Fsp3) is 0.737. The molecule has 1 N–H and O–H groups in total. The molecule has 0 aliphatic carbocycles. The van der Waals surface area contributed by atoms with Crippen LogP contribution in [0.2, 0.25) is 0 Å². The number of carbonyl (C=O) groups is 1.